The summed E-state index contributed by atoms with van der Waals surface area (Å²) >= 11 is 0. The molecule has 0 aromatic heterocycles. The second-order valence-electron chi connectivity index (χ2n) is 5.95. The van der Waals surface area contributed by atoms with E-state index >= 15 is 0 Å². The molecule has 19 heavy (non-hydrogen) atoms. The van der Waals surface area contributed by atoms with Gasteiger partial charge in [0.2, 0.25) is 0 Å². The fraction of sp³-hybridized carbons (Fsp3) is 0.667. The van der Waals surface area contributed by atoms with E-state index in [-0.39, 0.29) is 0 Å². The third kappa shape index (κ3) is 4.35. The van der Waals surface area contributed by atoms with Crippen molar-refractivity contribution in [1.82, 2.24) is 5.32 Å². The molecule has 2 rings (SSSR count). The fourth-order valence-corrected chi connectivity index (χ4v) is 3.37. The number of benzene rings is 1. The Bertz CT molecular complexity index is 366. The molecule has 0 heterocycles. The Labute approximate surface area is 118 Å². The summed E-state index contributed by atoms with van der Waals surface area (Å²) in [5, 5.41) is 3.70. The highest BCUT2D eigenvalue weighted by molar-refractivity contribution is 5.26. The van der Waals surface area contributed by atoms with Gasteiger partial charge in [-0.05, 0) is 36.4 Å². The Hall–Kier alpha value is -0.820. The fourth-order valence-electron chi connectivity index (χ4n) is 3.37. The summed E-state index contributed by atoms with van der Waals surface area (Å²) in [6.45, 7) is 5.52. The summed E-state index contributed by atoms with van der Waals surface area (Å²) in [7, 11) is 0. The molecule has 1 fully saturated rings. The lowest BCUT2D eigenvalue weighted by Crippen LogP contribution is -2.24. The van der Waals surface area contributed by atoms with Crippen LogP contribution in [0.15, 0.2) is 24.3 Å². The third-order valence-electron chi connectivity index (χ3n) is 4.51. The molecule has 1 aromatic rings. The van der Waals surface area contributed by atoms with Crippen LogP contribution in [0.2, 0.25) is 0 Å². The molecule has 1 atom stereocenters. The molecule has 1 nitrogen and oxygen atoms in total. The van der Waals surface area contributed by atoms with Crippen molar-refractivity contribution in [2.45, 2.75) is 64.8 Å². The largest absolute Gasteiger partial charge is 0.310 e. The van der Waals surface area contributed by atoms with E-state index in [1.165, 1.54) is 49.7 Å². The predicted octanol–water partition coefficient (Wildman–Crippen LogP) is 4.87. The quantitative estimate of drug-likeness (QED) is 0.768. The average Bonchev–Trinajstić information content (AvgIpc) is 2.48. The Kier molecular flexibility index (Phi) is 5.91. The van der Waals surface area contributed by atoms with Crippen molar-refractivity contribution in [3.8, 4) is 0 Å². The number of aryl methyl sites for hydroxylation is 1. The van der Waals surface area contributed by atoms with Crippen molar-refractivity contribution in [2.75, 3.05) is 6.54 Å². The maximum absolute atomic E-state index is 3.70. The first-order valence-corrected chi connectivity index (χ1v) is 8.15. The van der Waals surface area contributed by atoms with Gasteiger partial charge in [-0.2, -0.15) is 0 Å². The van der Waals surface area contributed by atoms with E-state index in [4.69, 9.17) is 0 Å². The van der Waals surface area contributed by atoms with Gasteiger partial charge in [0.05, 0.1) is 0 Å². The zero-order chi connectivity index (χ0) is 13.5. The highest BCUT2D eigenvalue weighted by Gasteiger charge is 2.19. The lowest BCUT2D eigenvalue weighted by atomic mass is 9.83. The summed E-state index contributed by atoms with van der Waals surface area (Å²) in [6.07, 6.45) is 9.67. The van der Waals surface area contributed by atoms with Crippen LogP contribution in [0.5, 0.6) is 0 Å². The van der Waals surface area contributed by atoms with Crippen LogP contribution in [0.1, 0.15) is 69.5 Å². The van der Waals surface area contributed by atoms with Crippen LogP contribution in [0.4, 0.5) is 0 Å². The number of nitrogens with one attached hydrogen (secondary N) is 1. The molecule has 0 aliphatic heterocycles. The van der Waals surface area contributed by atoms with Crippen molar-refractivity contribution < 1.29 is 0 Å². The van der Waals surface area contributed by atoms with Gasteiger partial charge in [-0.15, -0.1) is 0 Å². The van der Waals surface area contributed by atoms with Gasteiger partial charge < -0.3 is 5.32 Å². The standard InChI is InChI=1S/C18H29N/c1-3-15-11-8-12-17(13-15)18(19-4-2)14-16-9-6-5-7-10-16/h8,11-13,16,18-19H,3-7,9-10,14H2,1-2H3. The highest BCUT2D eigenvalue weighted by atomic mass is 14.9. The van der Waals surface area contributed by atoms with Crippen LogP contribution < -0.4 is 5.32 Å². The monoisotopic (exact) mass is 259 g/mol. The minimum absolute atomic E-state index is 0.555. The molecule has 0 spiro atoms. The van der Waals surface area contributed by atoms with Gasteiger partial charge in [-0.3, -0.25) is 0 Å². The molecule has 1 saturated carbocycles. The maximum atomic E-state index is 3.70. The lowest BCUT2D eigenvalue weighted by molar-refractivity contribution is 0.301. The van der Waals surface area contributed by atoms with Crippen LogP contribution in [-0.2, 0) is 6.42 Å². The molecule has 106 valence electrons. The van der Waals surface area contributed by atoms with Crippen LogP contribution in [0, 0.1) is 5.92 Å². The van der Waals surface area contributed by atoms with Crippen molar-refractivity contribution >= 4 is 0 Å². The van der Waals surface area contributed by atoms with Gasteiger partial charge in [0.1, 0.15) is 0 Å². The Balaban J connectivity index is 2.04. The van der Waals surface area contributed by atoms with Crippen molar-refractivity contribution in [1.29, 1.82) is 0 Å². The van der Waals surface area contributed by atoms with E-state index in [1.54, 1.807) is 0 Å². The van der Waals surface area contributed by atoms with Gasteiger partial charge in [0.25, 0.3) is 0 Å². The Morgan fingerprint density at radius 3 is 2.63 bits per heavy atom. The van der Waals surface area contributed by atoms with Gasteiger partial charge in [-0.1, -0.05) is 70.2 Å². The first kappa shape index (κ1) is 14.6. The van der Waals surface area contributed by atoms with Gasteiger partial charge >= 0.3 is 0 Å². The minimum Gasteiger partial charge on any atom is -0.310 e. The topological polar surface area (TPSA) is 12.0 Å². The normalized spacial score (nSPS) is 18.4. The van der Waals surface area contributed by atoms with Crippen LogP contribution in [-0.4, -0.2) is 6.54 Å². The predicted molar refractivity (Wildman–Crippen MR) is 83.4 cm³/mol. The third-order valence-corrected chi connectivity index (χ3v) is 4.51. The molecule has 0 saturated heterocycles. The van der Waals surface area contributed by atoms with E-state index in [1.807, 2.05) is 0 Å². The Morgan fingerprint density at radius 2 is 1.95 bits per heavy atom. The van der Waals surface area contributed by atoms with Gasteiger partial charge in [0, 0.05) is 6.04 Å². The van der Waals surface area contributed by atoms with Crippen LogP contribution in [0.25, 0.3) is 0 Å². The van der Waals surface area contributed by atoms with E-state index in [0.29, 0.717) is 6.04 Å². The Morgan fingerprint density at radius 1 is 1.16 bits per heavy atom. The number of hydrogen-bond acceptors (Lipinski definition) is 1. The van der Waals surface area contributed by atoms with Crippen molar-refractivity contribution in [3.05, 3.63) is 35.4 Å². The van der Waals surface area contributed by atoms with E-state index in [9.17, 15) is 0 Å². The van der Waals surface area contributed by atoms with E-state index in [2.05, 4.69) is 43.4 Å². The first-order chi connectivity index (χ1) is 9.33. The summed E-state index contributed by atoms with van der Waals surface area (Å²) in [4.78, 5) is 0. The molecule has 1 N–H and O–H groups in total. The van der Waals surface area contributed by atoms with Crippen LogP contribution in [0.3, 0.4) is 0 Å². The summed E-state index contributed by atoms with van der Waals surface area (Å²) < 4.78 is 0. The SMILES string of the molecule is CCNC(CC1CCCCC1)c1cccc(CC)c1. The summed E-state index contributed by atoms with van der Waals surface area (Å²) in [5.74, 6) is 0.933. The van der Waals surface area contributed by atoms with Crippen molar-refractivity contribution in [3.63, 3.8) is 0 Å². The molecular formula is C18H29N. The van der Waals surface area contributed by atoms with Crippen LogP contribution >= 0.6 is 0 Å². The minimum atomic E-state index is 0.555. The number of rotatable bonds is 6. The molecule has 0 amide bonds. The zero-order valence-electron chi connectivity index (χ0n) is 12.6. The first-order valence-electron chi connectivity index (χ1n) is 8.15. The summed E-state index contributed by atoms with van der Waals surface area (Å²) in [6, 6.07) is 9.72. The molecule has 1 aliphatic rings. The lowest BCUT2D eigenvalue weighted by Gasteiger charge is -2.27. The highest BCUT2D eigenvalue weighted by Crippen LogP contribution is 2.32. The molecule has 0 bridgehead atoms. The average molecular weight is 259 g/mol. The molecular weight excluding hydrogens is 230 g/mol. The summed E-state index contributed by atoms with van der Waals surface area (Å²) in [5.41, 5.74) is 2.95. The molecule has 1 unspecified atom stereocenters. The van der Waals surface area contributed by atoms with E-state index in [0.717, 1.165) is 18.9 Å². The van der Waals surface area contributed by atoms with Crippen molar-refractivity contribution in [2.24, 2.45) is 5.92 Å². The second-order valence-corrected chi connectivity index (χ2v) is 5.95. The van der Waals surface area contributed by atoms with Gasteiger partial charge in [0.15, 0.2) is 0 Å². The molecule has 0 radical (unpaired) electrons. The van der Waals surface area contributed by atoms with Gasteiger partial charge in [-0.25, -0.2) is 0 Å². The number of hydrogen-bond donors (Lipinski definition) is 1. The molecule has 1 heteroatoms. The zero-order valence-corrected chi connectivity index (χ0v) is 12.6. The van der Waals surface area contributed by atoms with E-state index < -0.39 is 0 Å². The smallest absolute Gasteiger partial charge is 0.0322 e. The molecule has 1 aliphatic carbocycles. The second kappa shape index (κ2) is 7.69. The molecule has 1 aromatic carbocycles. The maximum Gasteiger partial charge on any atom is 0.0322 e.